The van der Waals surface area contributed by atoms with E-state index in [2.05, 4.69) is 4.98 Å². The first-order chi connectivity index (χ1) is 15.1. The maximum Gasteiger partial charge on any atom is 0.274 e. The summed E-state index contributed by atoms with van der Waals surface area (Å²) in [5.41, 5.74) is 3.40. The fourth-order valence-corrected chi connectivity index (χ4v) is 4.51. The molecule has 5 aromatic rings. The third-order valence-electron chi connectivity index (χ3n) is 4.94. The summed E-state index contributed by atoms with van der Waals surface area (Å²) < 4.78 is 13.7. The van der Waals surface area contributed by atoms with Crippen molar-refractivity contribution in [3.63, 3.8) is 0 Å². The summed E-state index contributed by atoms with van der Waals surface area (Å²) in [6.45, 7) is 0.378. The van der Waals surface area contributed by atoms with Gasteiger partial charge < -0.3 is 9.47 Å². The average molecular weight is 449 g/mol. The summed E-state index contributed by atoms with van der Waals surface area (Å²) >= 11 is 7.32. The highest BCUT2D eigenvalue weighted by molar-refractivity contribution is 7.15. The van der Waals surface area contributed by atoms with E-state index in [-0.39, 0.29) is 5.56 Å². The molecule has 0 spiro atoms. The summed E-state index contributed by atoms with van der Waals surface area (Å²) in [4.78, 5) is 18.2. The van der Waals surface area contributed by atoms with E-state index in [1.54, 1.807) is 11.5 Å². The molecular weight excluding hydrogens is 432 g/mol. The van der Waals surface area contributed by atoms with E-state index in [1.165, 1.54) is 11.3 Å². The van der Waals surface area contributed by atoms with E-state index in [0.717, 1.165) is 22.2 Å². The van der Waals surface area contributed by atoms with Gasteiger partial charge in [-0.25, -0.2) is 9.38 Å². The number of fused-ring (bicyclic) bond motifs is 3. The van der Waals surface area contributed by atoms with Crippen molar-refractivity contribution in [2.24, 2.45) is 0 Å². The van der Waals surface area contributed by atoms with Crippen LogP contribution in [0, 0.1) is 0 Å². The molecule has 5 nitrogen and oxygen atoms in total. The summed E-state index contributed by atoms with van der Waals surface area (Å²) in [7, 11) is 1.60. The topological polar surface area (TPSA) is 52.8 Å². The van der Waals surface area contributed by atoms with Gasteiger partial charge in [0.25, 0.3) is 5.56 Å². The van der Waals surface area contributed by atoms with Crippen LogP contribution in [0.25, 0.3) is 22.1 Å². The second-order valence-electron chi connectivity index (χ2n) is 6.96. The van der Waals surface area contributed by atoms with E-state index >= 15 is 0 Å². The number of methoxy groups -OCH3 is 1. The second-order valence-corrected chi connectivity index (χ2v) is 8.41. The van der Waals surface area contributed by atoms with Gasteiger partial charge in [-0.2, -0.15) is 0 Å². The van der Waals surface area contributed by atoms with Crippen LogP contribution in [0.5, 0.6) is 11.5 Å². The molecule has 5 rings (SSSR count). The van der Waals surface area contributed by atoms with Crippen molar-refractivity contribution in [1.29, 1.82) is 0 Å². The third kappa shape index (κ3) is 3.76. The Labute approximate surface area is 186 Å². The van der Waals surface area contributed by atoms with Crippen molar-refractivity contribution < 1.29 is 9.47 Å². The summed E-state index contributed by atoms with van der Waals surface area (Å²) in [6, 6.07) is 20.7. The van der Waals surface area contributed by atoms with Gasteiger partial charge in [-0.1, -0.05) is 53.3 Å². The maximum absolute atomic E-state index is 13.0. The molecular formula is C24H17ClN2O3S. The zero-order valence-corrected chi connectivity index (χ0v) is 18.1. The van der Waals surface area contributed by atoms with Gasteiger partial charge in [0.2, 0.25) is 0 Å². The van der Waals surface area contributed by atoms with E-state index < -0.39 is 0 Å². The number of aromatic nitrogens is 2. The molecule has 0 saturated carbocycles. The van der Waals surface area contributed by atoms with Crippen molar-refractivity contribution in [3.05, 3.63) is 97.8 Å². The van der Waals surface area contributed by atoms with Gasteiger partial charge in [-0.05, 0) is 53.6 Å². The largest absolute Gasteiger partial charge is 0.493 e. The Bertz CT molecular complexity index is 1510. The summed E-state index contributed by atoms with van der Waals surface area (Å²) in [6.07, 6.45) is 1.85. The van der Waals surface area contributed by atoms with Crippen LogP contribution in [0.4, 0.5) is 0 Å². The predicted molar refractivity (Wildman–Crippen MR) is 124 cm³/mol. The fourth-order valence-electron chi connectivity index (χ4n) is 3.40. The maximum atomic E-state index is 13.0. The van der Waals surface area contributed by atoms with Gasteiger partial charge in [0.05, 0.1) is 22.7 Å². The lowest BCUT2D eigenvalue weighted by molar-refractivity contribution is 0.284. The first-order valence-corrected chi connectivity index (χ1v) is 10.8. The SMILES string of the molecule is COc1ccc(/C=c2\sc3nc4ccccc4n3c2=O)cc1OCc1ccc(Cl)cc1. The molecule has 0 saturated heterocycles. The number of para-hydroxylation sites is 2. The van der Waals surface area contributed by atoms with Crippen LogP contribution in [0.15, 0.2) is 71.5 Å². The Morgan fingerprint density at radius 3 is 2.68 bits per heavy atom. The molecule has 0 atom stereocenters. The van der Waals surface area contributed by atoms with Gasteiger partial charge in [0.15, 0.2) is 16.5 Å². The van der Waals surface area contributed by atoms with Crippen molar-refractivity contribution in [2.45, 2.75) is 6.61 Å². The van der Waals surface area contributed by atoms with E-state index in [9.17, 15) is 4.79 Å². The van der Waals surface area contributed by atoms with Crippen LogP contribution in [0.3, 0.4) is 0 Å². The third-order valence-corrected chi connectivity index (χ3v) is 6.16. The van der Waals surface area contributed by atoms with Crippen molar-refractivity contribution in [2.75, 3.05) is 7.11 Å². The number of hydrogen-bond acceptors (Lipinski definition) is 5. The molecule has 0 aliphatic heterocycles. The molecule has 2 aromatic heterocycles. The Morgan fingerprint density at radius 2 is 1.87 bits per heavy atom. The molecule has 2 heterocycles. The first-order valence-electron chi connectivity index (χ1n) is 9.59. The molecule has 0 unspecified atom stereocenters. The molecule has 3 aromatic carbocycles. The Balaban J connectivity index is 1.51. The minimum absolute atomic E-state index is 0.0758. The lowest BCUT2D eigenvalue weighted by atomic mass is 10.2. The zero-order valence-electron chi connectivity index (χ0n) is 16.5. The summed E-state index contributed by atoms with van der Waals surface area (Å²) in [5.74, 6) is 1.23. The molecule has 0 radical (unpaired) electrons. The van der Waals surface area contributed by atoms with Crippen molar-refractivity contribution in [3.8, 4) is 11.5 Å². The van der Waals surface area contributed by atoms with Gasteiger partial charge in [0, 0.05) is 5.02 Å². The Morgan fingerprint density at radius 1 is 1.06 bits per heavy atom. The molecule has 31 heavy (non-hydrogen) atoms. The van der Waals surface area contributed by atoms with E-state index in [1.807, 2.05) is 72.8 Å². The second kappa shape index (κ2) is 8.06. The highest BCUT2D eigenvalue weighted by Crippen LogP contribution is 2.29. The van der Waals surface area contributed by atoms with Crippen molar-refractivity contribution in [1.82, 2.24) is 9.38 Å². The minimum atomic E-state index is -0.0758. The fraction of sp³-hybridized carbons (Fsp3) is 0.0833. The molecule has 0 aliphatic carbocycles. The van der Waals surface area contributed by atoms with E-state index in [4.69, 9.17) is 21.1 Å². The molecule has 0 aliphatic rings. The number of ether oxygens (including phenoxy) is 2. The average Bonchev–Trinajstić information content (AvgIpc) is 3.29. The molecule has 0 bridgehead atoms. The highest BCUT2D eigenvalue weighted by Gasteiger charge is 2.11. The lowest BCUT2D eigenvalue weighted by Gasteiger charge is -2.11. The molecule has 0 N–H and O–H groups in total. The Kier molecular flexibility index (Phi) is 5.10. The van der Waals surface area contributed by atoms with Crippen LogP contribution < -0.4 is 19.6 Å². The Hall–Kier alpha value is -3.35. The lowest BCUT2D eigenvalue weighted by Crippen LogP contribution is -2.22. The van der Waals surface area contributed by atoms with Crippen LogP contribution >= 0.6 is 22.9 Å². The van der Waals surface area contributed by atoms with Crippen LogP contribution in [-0.4, -0.2) is 16.5 Å². The number of imidazole rings is 1. The van der Waals surface area contributed by atoms with Crippen molar-refractivity contribution >= 4 is 45.0 Å². The molecule has 154 valence electrons. The van der Waals surface area contributed by atoms with Gasteiger partial charge in [0.1, 0.15) is 6.61 Å². The van der Waals surface area contributed by atoms with Gasteiger partial charge in [-0.15, -0.1) is 0 Å². The number of rotatable bonds is 5. The zero-order chi connectivity index (χ0) is 21.4. The van der Waals surface area contributed by atoms with E-state index in [0.29, 0.717) is 32.6 Å². The molecule has 7 heteroatoms. The predicted octanol–water partition coefficient (Wildman–Crippen LogP) is 4.70. The summed E-state index contributed by atoms with van der Waals surface area (Å²) in [5, 5.41) is 0.682. The number of hydrogen-bond donors (Lipinski definition) is 0. The monoisotopic (exact) mass is 448 g/mol. The smallest absolute Gasteiger partial charge is 0.274 e. The molecule has 0 amide bonds. The molecule has 0 fully saturated rings. The van der Waals surface area contributed by atoms with Crippen LogP contribution in [-0.2, 0) is 6.61 Å². The van der Waals surface area contributed by atoms with Gasteiger partial charge in [-0.3, -0.25) is 4.79 Å². The van der Waals surface area contributed by atoms with Crippen LogP contribution in [0.2, 0.25) is 5.02 Å². The highest BCUT2D eigenvalue weighted by atomic mass is 35.5. The minimum Gasteiger partial charge on any atom is -0.493 e. The standard InChI is InChI=1S/C24H17ClN2O3S/c1-29-20-11-8-16(12-21(20)30-14-15-6-9-17(25)10-7-15)13-22-23(28)27-19-5-3-2-4-18(19)26-24(27)31-22/h2-13H,14H2,1H3/b22-13-. The first kappa shape index (κ1) is 19.6. The number of nitrogens with zero attached hydrogens (tertiary/aromatic N) is 2. The van der Waals surface area contributed by atoms with Gasteiger partial charge >= 0.3 is 0 Å². The quantitative estimate of drug-likeness (QED) is 0.391. The number of benzene rings is 3. The van der Waals surface area contributed by atoms with Crippen LogP contribution in [0.1, 0.15) is 11.1 Å². The number of thiazole rings is 1. The normalized spacial score (nSPS) is 12.0. The number of halogens is 1.